The molecule has 2 nitrogen and oxygen atoms in total. The summed E-state index contributed by atoms with van der Waals surface area (Å²) in [6.45, 7) is 2.33. The van der Waals surface area contributed by atoms with Crippen LogP contribution in [0, 0.1) is 6.92 Å². The largest absolute Gasteiger partial charge is 0.310 e. The standard InChI is InChI=1S/C43H27BN2S4/c1-26-22-33-41-34(23-26)46-28-11-7-13-30(25-28)48-36-17-3-5-19-38(36)50-40-21-9-15-32(43(40)46)44(41)31-14-8-20-39-42(31)45(33)27-10-6-12-29(24-27)47-35-16-2-4-18-37(35)49-39/h2-25H,1H3. The van der Waals surface area contributed by atoms with Crippen LogP contribution in [-0.2, 0) is 0 Å². The van der Waals surface area contributed by atoms with Gasteiger partial charge in [-0.25, -0.2) is 0 Å². The molecule has 4 aliphatic heterocycles. The fourth-order valence-electron chi connectivity index (χ4n) is 7.97. The zero-order valence-electron chi connectivity index (χ0n) is 27.0. The van der Waals surface area contributed by atoms with E-state index in [4.69, 9.17) is 0 Å². The Morgan fingerprint density at radius 3 is 1.32 bits per heavy atom. The number of rotatable bonds is 0. The predicted octanol–water partition coefficient (Wildman–Crippen LogP) is 11.3. The van der Waals surface area contributed by atoms with Gasteiger partial charge in [-0.1, -0.05) is 108 Å². The Bertz CT molecular complexity index is 2400. The van der Waals surface area contributed by atoms with Gasteiger partial charge in [0.05, 0.1) is 11.4 Å². The molecule has 7 heteroatoms. The monoisotopic (exact) mass is 710 g/mol. The zero-order chi connectivity index (χ0) is 32.9. The van der Waals surface area contributed by atoms with E-state index in [1.165, 1.54) is 95.2 Å². The van der Waals surface area contributed by atoms with Gasteiger partial charge in [0.15, 0.2) is 0 Å². The van der Waals surface area contributed by atoms with Gasteiger partial charge in [-0.05, 0) is 114 Å². The lowest BCUT2D eigenvalue weighted by molar-refractivity contribution is 1.17. The maximum absolute atomic E-state index is 2.56. The Hall–Kier alpha value is -4.40. The van der Waals surface area contributed by atoms with Crippen LogP contribution in [0.3, 0.4) is 0 Å². The van der Waals surface area contributed by atoms with Crippen molar-refractivity contribution in [3.63, 3.8) is 0 Å². The first kappa shape index (κ1) is 29.3. The van der Waals surface area contributed by atoms with E-state index in [9.17, 15) is 0 Å². The van der Waals surface area contributed by atoms with Gasteiger partial charge < -0.3 is 9.80 Å². The summed E-state index contributed by atoms with van der Waals surface area (Å²) in [5.41, 5.74) is 12.8. The fraction of sp³-hybridized carbons (Fsp3) is 0.0233. The molecule has 0 fully saturated rings. The van der Waals surface area contributed by atoms with Crippen molar-refractivity contribution in [2.75, 3.05) is 9.80 Å². The number of hydrogen-bond donors (Lipinski definition) is 0. The van der Waals surface area contributed by atoms with Gasteiger partial charge in [-0.15, -0.1) is 0 Å². The molecule has 236 valence electrons. The molecule has 0 saturated carbocycles. The normalized spacial score (nSPS) is 14.5. The molecule has 0 aromatic heterocycles. The van der Waals surface area contributed by atoms with E-state index in [1.807, 2.05) is 47.0 Å². The SMILES string of the molecule is Cc1cc2c3c(c1)N1c4cccc(c4)Sc4ccccc4Sc4cccc(c41)B3c1cccc3c1N2c1cccc(c1)Sc1ccccc1S3. The molecule has 11 rings (SSSR count). The van der Waals surface area contributed by atoms with Crippen molar-refractivity contribution in [3.05, 3.63) is 151 Å². The number of anilines is 6. The maximum atomic E-state index is 2.56. The van der Waals surface area contributed by atoms with Gasteiger partial charge in [0.1, 0.15) is 0 Å². The van der Waals surface area contributed by atoms with Crippen LogP contribution < -0.4 is 26.2 Å². The molecule has 4 heterocycles. The molecular formula is C43H27BN2S4. The average molecular weight is 711 g/mol. The van der Waals surface area contributed by atoms with Crippen molar-refractivity contribution in [3.8, 4) is 0 Å². The van der Waals surface area contributed by atoms with E-state index in [0.29, 0.717) is 0 Å². The third-order valence-corrected chi connectivity index (χ3v) is 14.6. The Morgan fingerprint density at radius 1 is 0.420 bits per heavy atom. The summed E-state index contributed by atoms with van der Waals surface area (Å²) in [5.74, 6) is 0. The van der Waals surface area contributed by atoms with Crippen molar-refractivity contribution < 1.29 is 0 Å². The molecule has 0 saturated heterocycles. The minimum atomic E-state index is 0.0747. The van der Waals surface area contributed by atoms with Gasteiger partial charge in [0.25, 0.3) is 6.71 Å². The molecular weight excluding hydrogens is 684 g/mol. The fourth-order valence-corrected chi connectivity index (χ4v) is 12.3. The highest BCUT2D eigenvalue weighted by Gasteiger charge is 2.45. The van der Waals surface area contributed by atoms with Crippen LogP contribution in [0.2, 0.25) is 0 Å². The Balaban J connectivity index is 1.25. The van der Waals surface area contributed by atoms with E-state index in [0.717, 1.165) is 0 Å². The van der Waals surface area contributed by atoms with Gasteiger partial charge in [0, 0.05) is 61.9 Å². The molecule has 50 heavy (non-hydrogen) atoms. The number of fused-ring (bicyclic) bond motifs is 12. The first-order valence-electron chi connectivity index (χ1n) is 16.8. The highest BCUT2D eigenvalue weighted by molar-refractivity contribution is 8.03. The topological polar surface area (TPSA) is 6.48 Å². The molecule has 0 N–H and O–H groups in total. The quantitative estimate of drug-likeness (QED) is 0.144. The van der Waals surface area contributed by atoms with E-state index >= 15 is 0 Å². The van der Waals surface area contributed by atoms with Crippen molar-refractivity contribution in [2.45, 2.75) is 46.1 Å². The summed E-state index contributed by atoms with van der Waals surface area (Å²) in [7, 11) is 0. The van der Waals surface area contributed by atoms with Crippen LogP contribution in [0.5, 0.6) is 0 Å². The number of hydrogen-bond acceptors (Lipinski definition) is 6. The molecule has 7 aromatic carbocycles. The van der Waals surface area contributed by atoms with Crippen LogP contribution in [0.25, 0.3) is 0 Å². The van der Waals surface area contributed by atoms with Crippen molar-refractivity contribution >= 4 is 104 Å². The lowest BCUT2D eigenvalue weighted by Gasteiger charge is -2.45. The lowest BCUT2D eigenvalue weighted by atomic mass is 9.33. The molecule has 4 aliphatic rings. The van der Waals surface area contributed by atoms with Crippen molar-refractivity contribution in [2.24, 2.45) is 0 Å². The van der Waals surface area contributed by atoms with Gasteiger partial charge in [-0.2, -0.15) is 0 Å². The van der Waals surface area contributed by atoms with Crippen LogP contribution in [-0.4, -0.2) is 6.71 Å². The summed E-state index contributed by atoms with van der Waals surface area (Å²) < 4.78 is 0. The molecule has 0 radical (unpaired) electrons. The number of nitrogens with zero attached hydrogens (tertiary/aromatic N) is 2. The Labute approximate surface area is 309 Å². The van der Waals surface area contributed by atoms with E-state index in [1.54, 1.807) is 0 Å². The third-order valence-electron chi connectivity index (χ3n) is 9.93. The highest BCUT2D eigenvalue weighted by atomic mass is 32.2. The molecule has 0 spiro atoms. The van der Waals surface area contributed by atoms with E-state index in [-0.39, 0.29) is 6.71 Å². The summed E-state index contributed by atoms with van der Waals surface area (Å²) in [6.07, 6.45) is 0. The van der Waals surface area contributed by atoms with Gasteiger partial charge >= 0.3 is 0 Å². The first-order chi connectivity index (χ1) is 24.7. The summed E-state index contributed by atoms with van der Waals surface area (Å²) in [5, 5.41) is 0. The lowest BCUT2D eigenvalue weighted by Crippen LogP contribution is -2.61. The number of benzene rings is 7. The molecule has 0 aliphatic carbocycles. The Kier molecular flexibility index (Phi) is 6.64. The minimum absolute atomic E-state index is 0.0747. The molecule has 0 unspecified atom stereocenters. The summed E-state index contributed by atoms with van der Waals surface area (Å²) in [4.78, 5) is 15.3. The summed E-state index contributed by atoms with van der Waals surface area (Å²) >= 11 is 7.49. The minimum Gasteiger partial charge on any atom is -0.310 e. The van der Waals surface area contributed by atoms with Crippen molar-refractivity contribution in [1.82, 2.24) is 0 Å². The second-order valence-corrected chi connectivity index (χ2v) is 17.4. The first-order valence-corrected chi connectivity index (χ1v) is 20.0. The van der Waals surface area contributed by atoms with Crippen LogP contribution in [0.1, 0.15) is 5.56 Å². The molecule has 7 aromatic rings. The zero-order valence-corrected chi connectivity index (χ0v) is 30.2. The summed E-state index contributed by atoms with van der Waals surface area (Å²) in [6, 6.07) is 54.7. The van der Waals surface area contributed by atoms with Crippen molar-refractivity contribution in [1.29, 1.82) is 0 Å². The third kappa shape index (κ3) is 4.43. The maximum Gasteiger partial charge on any atom is 0.252 e. The molecule has 4 bridgehead atoms. The number of aryl methyl sites for hydroxylation is 1. The van der Waals surface area contributed by atoms with Gasteiger partial charge in [-0.3, -0.25) is 0 Å². The Morgan fingerprint density at radius 2 is 0.840 bits per heavy atom. The second kappa shape index (κ2) is 11.3. The molecule has 0 amide bonds. The second-order valence-electron chi connectivity index (χ2n) is 13.0. The van der Waals surface area contributed by atoms with E-state index < -0.39 is 0 Å². The number of para-hydroxylation sites is 2. The smallest absolute Gasteiger partial charge is 0.252 e. The van der Waals surface area contributed by atoms with Crippen LogP contribution in [0.15, 0.2) is 185 Å². The van der Waals surface area contributed by atoms with Gasteiger partial charge in [0.2, 0.25) is 0 Å². The van der Waals surface area contributed by atoms with E-state index in [2.05, 4.69) is 162 Å². The molecule has 0 atom stereocenters. The van der Waals surface area contributed by atoms with Crippen LogP contribution >= 0.6 is 47.0 Å². The van der Waals surface area contributed by atoms with Crippen LogP contribution in [0.4, 0.5) is 34.1 Å². The highest BCUT2D eigenvalue weighted by Crippen LogP contribution is 2.53. The average Bonchev–Trinajstić information content (AvgIpc) is 3.13. The predicted molar refractivity (Wildman–Crippen MR) is 215 cm³/mol.